The van der Waals surface area contributed by atoms with Gasteiger partial charge >= 0.3 is 0 Å². The van der Waals surface area contributed by atoms with Crippen molar-refractivity contribution >= 4 is 0 Å². The third-order valence-corrected chi connectivity index (χ3v) is 4.81. The highest BCUT2D eigenvalue weighted by molar-refractivity contribution is 5.18. The highest BCUT2D eigenvalue weighted by Crippen LogP contribution is 2.22. The van der Waals surface area contributed by atoms with Crippen molar-refractivity contribution in [1.82, 2.24) is 19.7 Å². The Morgan fingerprint density at radius 3 is 2.29 bits per heavy atom. The molecule has 0 saturated carbocycles. The van der Waals surface area contributed by atoms with Crippen LogP contribution >= 0.6 is 0 Å². The van der Waals surface area contributed by atoms with Gasteiger partial charge in [0.2, 0.25) is 0 Å². The minimum atomic E-state index is 0.454. The van der Waals surface area contributed by atoms with Gasteiger partial charge in [-0.25, -0.2) is 0 Å². The molecule has 1 unspecified atom stereocenters. The molecule has 0 spiro atoms. The molecular formula is C20H22N4. The van der Waals surface area contributed by atoms with Gasteiger partial charge in [0.05, 0.1) is 6.54 Å². The molecule has 0 bridgehead atoms. The lowest BCUT2D eigenvalue weighted by atomic mass is 10.0. The van der Waals surface area contributed by atoms with E-state index in [9.17, 15) is 0 Å². The number of hydrogen-bond acceptors (Lipinski definition) is 3. The van der Waals surface area contributed by atoms with Crippen molar-refractivity contribution in [3.05, 3.63) is 83.4 Å². The number of nitrogens with zero attached hydrogens (tertiary/aromatic N) is 4. The first-order valence-corrected chi connectivity index (χ1v) is 8.50. The lowest BCUT2D eigenvalue weighted by Crippen LogP contribution is -2.44. The fraction of sp³-hybridized carbons (Fsp3) is 0.300. The van der Waals surface area contributed by atoms with Crippen molar-refractivity contribution in [1.29, 1.82) is 0 Å². The van der Waals surface area contributed by atoms with Crippen LogP contribution in [0.5, 0.6) is 0 Å². The van der Waals surface area contributed by atoms with Crippen LogP contribution in [0.2, 0.25) is 0 Å². The molecule has 4 heteroatoms. The molecule has 0 saturated heterocycles. The highest BCUT2D eigenvalue weighted by Gasteiger charge is 2.28. The third-order valence-electron chi connectivity index (χ3n) is 4.81. The summed E-state index contributed by atoms with van der Waals surface area (Å²) in [5.74, 6) is 2.09. The maximum atomic E-state index is 4.36. The molecule has 0 aliphatic carbocycles. The zero-order chi connectivity index (χ0) is 16.4. The summed E-state index contributed by atoms with van der Waals surface area (Å²) in [6.07, 6.45) is 1.05. The molecule has 1 atom stereocenters. The van der Waals surface area contributed by atoms with Crippen LogP contribution < -0.4 is 0 Å². The number of aromatic nitrogens is 3. The van der Waals surface area contributed by atoms with Crippen LogP contribution in [0.1, 0.15) is 22.8 Å². The van der Waals surface area contributed by atoms with E-state index >= 15 is 0 Å². The molecule has 2 heterocycles. The number of fused-ring (bicyclic) bond motifs is 1. The fourth-order valence-corrected chi connectivity index (χ4v) is 3.50. The molecular weight excluding hydrogens is 296 g/mol. The standard InChI is InChI=1S/C20H22N4/c1-16-21-22-20-15-23(13-18-10-6-3-7-11-18)19(14-24(16)20)12-17-8-4-2-5-9-17/h2-11,19H,12-15H2,1H3. The fourth-order valence-electron chi connectivity index (χ4n) is 3.50. The van der Waals surface area contributed by atoms with Gasteiger partial charge in [-0.1, -0.05) is 60.7 Å². The van der Waals surface area contributed by atoms with Gasteiger partial charge in [0.25, 0.3) is 0 Å². The molecule has 2 aromatic carbocycles. The van der Waals surface area contributed by atoms with Crippen molar-refractivity contribution < 1.29 is 0 Å². The Morgan fingerprint density at radius 2 is 1.58 bits per heavy atom. The second kappa shape index (κ2) is 6.57. The summed E-state index contributed by atoms with van der Waals surface area (Å²) in [5, 5.41) is 8.63. The Morgan fingerprint density at radius 1 is 0.917 bits per heavy atom. The number of rotatable bonds is 4. The number of hydrogen-bond donors (Lipinski definition) is 0. The van der Waals surface area contributed by atoms with E-state index < -0.39 is 0 Å². The SMILES string of the molecule is Cc1nnc2n1CC(Cc1ccccc1)N(Cc1ccccc1)C2. The molecule has 0 fully saturated rings. The van der Waals surface area contributed by atoms with E-state index in [-0.39, 0.29) is 0 Å². The quantitative estimate of drug-likeness (QED) is 0.741. The van der Waals surface area contributed by atoms with Crippen molar-refractivity contribution in [2.75, 3.05) is 0 Å². The van der Waals surface area contributed by atoms with Crippen LogP contribution in [-0.2, 0) is 26.1 Å². The van der Waals surface area contributed by atoms with Crippen LogP contribution in [-0.4, -0.2) is 25.7 Å². The average molecular weight is 318 g/mol. The maximum absolute atomic E-state index is 4.36. The molecule has 0 amide bonds. The second-order valence-electron chi connectivity index (χ2n) is 6.51. The van der Waals surface area contributed by atoms with Crippen LogP contribution in [0.25, 0.3) is 0 Å². The topological polar surface area (TPSA) is 34.0 Å². The van der Waals surface area contributed by atoms with Gasteiger partial charge in [0.1, 0.15) is 11.6 Å². The van der Waals surface area contributed by atoms with Crippen molar-refractivity contribution in [2.24, 2.45) is 0 Å². The summed E-state index contributed by atoms with van der Waals surface area (Å²) >= 11 is 0. The molecule has 0 N–H and O–H groups in total. The Kier molecular flexibility index (Phi) is 4.13. The number of aryl methyl sites for hydroxylation is 1. The Bertz CT molecular complexity index is 795. The number of benzene rings is 2. The maximum Gasteiger partial charge on any atom is 0.147 e. The van der Waals surface area contributed by atoms with E-state index in [4.69, 9.17) is 0 Å². The summed E-state index contributed by atoms with van der Waals surface area (Å²) in [6.45, 7) is 4.80. The molecule has 4 rings (SSSR count). The van der Waals surface area contributed by atoms with E-state index in [2.05, 4.69) is 80.3 Å². The average Bonchev–Trinajstić information content (AvgIpc) is 2.97. The van der Waals surface area contributed by atoms with Crippen LogP contribution in [0.3, 0.4) is 0 Å². The van der Waals surface area contributed by atoms with Gasteiger partial charge in [0.15, 0.2) is 0 Å². The molecule has 1 aliphatic rings. The van der Waals surface area contributed by atoms with Crippen molar-refractivity contribution in [2.45, 2.75) is 39.0 Å². The second-order valence-corrected chi connectivity index (χ2v) is 6.51. The first-order valence-electron chi connectivity index (χ1n) is 8.50. The zero-order valence-corrected chi connectivity index (χ0v) is 14.0. The van der Waals surface area contributed by atoms with E-state index in [0.29, 0.717) is 6.04 Å². The van der Waals surface area contributed by atoms with Gasteiger partial charge < -0.3 is 4.57 Å². The van der Waals surface area contributed by atoms with Crippen LogP contribution in [0.15, 0.2) is 60.7 Å². The molecule has 3 aromatic rings. The van der Waals surface area contributed by atoms with Gasteiger partial charge in [-0.2, -0.15) is 0 Å². The summed E-state index contributed by atoms with van der Waals surface area (Å²) in [7, 11) is 0. The Labute approximate surface area is 142 Å². The predicted molar refractivity (Wildman–Crippen MR) is 94.4 cm³/mol. The normalized spacial score (nSPS) is 17.6. The minimum Gasteiger partial charge on any atom is -0.313 e. The summed E-state index contributed by atoms with van der Waals surface area (Å²) < 4.78 is 2.27. The first-order chi connectivity index (χ1) is 11.8. The highest BCUT2D eigenvalue weighted by atomic mass is 15.3. The largest absolute Gasteiger partial charge is 0.313 e. The van der Waals surface area contributed by atoms with Gasteiger partial charge in [-0.3, -0.25) is 4.90 Å². The molecule has 1 aromatic heterocycles. The van der Waals surface area contributed by atoms with Crippen LogP contribution in [0.4, 0.5) is 0 Å². The van der Waals surface area contributed by atoms with E-state index in [1.54, 1.807) is 0 Å². The molecule has 1 aliphatic heterocycles. The monoisotopic (exact) mass is 318 g/mol. The van der Waals surface area contributed by atoms with Gasteiger partial charge in [-0.15, -0.1) is 10.2 Å². The van der Waals surface area contributed by atoms with E-state index in [1.165, 1.54) is 11.1 Å². The summed E-state index contributed by atoms with van der Waals surface area (Å²) in [4.78, 5) is 2.53. The molecule has 122 valence electrons. The Hall–Kier alpha value is -2.46. The van der Waals surface area contributed by atoms with E-state index in [1.807, 2.05) is 6.92 Å². The molecule has 24 heavy (non-hydrogen) atoms. The minimum absolute atomic E-state index is 0.454. The summed E-state index contributed by atoms with van der Waals surface area (Å²) in [6, 6.07) is 21.9. The Balaban J connectivity index is 1.60. The smallest absolute Gasteiger partial charge is 0.147 e. The van der Waals surface area contributed by atoms with Crippen molar-refractivity contribution in [3.8, 4) is 0 Å². The third kappa shape index (κ3) is 3.10. The summed E-state index contributed by atoms with van der Waals surface area (Å²) in [5.41, 5.74) is 2.73. The lowest BCUT2D eigenvalue weighted by molar-refractivity contribution is 0.126. The van der Waals surface area contributed by atoms with Crippen LogP contribution in [0, 0.1) is 6.92 Å². The lowest BCUT2D eigenvalue weighted by Gasteiger charge is -2.36. The van der Waals surface area contributed by atoms with E-state index in [0.717, 1.165) is 37.7 Å². The van der Waals surface area contributed by atoms with Gasteiger partial charge in [-0.05, 0) is 24.5 Å². The van der Waals surface area contributed by atoms with Crippen molar-refractivity contribution in [3.63, 3.8) is 0 Å². The molecule has 0 radical (unpaired) electrons. The van der Waals surface area contributed by atoms with Gasteiger partial charge in [0, 0.05) is 19.1 Å². The molecule has 4 nitrogen and oxygen atoms in total. The predicted octanol–water partition coefficient (Wildman–Crippen LogP) is 3.21. The zero-order valence-electron chi connectivity index (χ0n) is 14.0. The first kappa shape index (κ1) is 15.1.